The van der Waals surface area contributed by atoms with Gasteiger partial charge in [-0.2, -0.15) is 5.26 Å². The molecule has 0 spiro atoms. The monoisotopic (exact) mass is 148 g/mol. The molecule has 0 heterocycles. The Kier molecular flexibility index (Phi) is 4.16. The first kappa shape index (κ1) is 8.51. The van der Waals surface area contributed by atoms with Crippen LogP contribution in [0.3, 0.4) is 0 Å². The van der Waals surface area contributed by atoms with E-state index in [0.29, 0.717) is 0 Å². The molecule has 0 N–H and O–H groups in total. The Morgan fingerprint density at radius 2 is 2.22 bits per heavy atom. The molecule has 9 heavy (non-hydrogen) atoms. The molecular weight excluding hydrogens is 141 g/mol. The molecule has 0 fully saturated rings. The van der Waals surface area contributed by atoms with Crippen LogP contribution in [0.2, 0.25) is 0 Å². The van der Waals surface area contributed by atoms with E-state index in [1.54, 1.807) is 6.07 Å². The number of nitrogens with zero attached hydrogens (tertiary/aromatic N) is 1. The number of methoxy groups -OCH3 is 1. The second-order valence-electron chi connectivity index (χ2n) is 1.19. The van der Waals surface area contributed by atoms with E-state index in [0.717, 1.165) is 0 Å². The molecule has 0 aliphatic carbocycles. The third-order valence-electron chi connectivity index (χ3n) is 0.705. The van der Waals surface area contributed by atoms with Gasteiger partial charge in [-0.1, -0.05) is 0 Å². The van der Waals surface area contributed by atoms with E-state index in [1.807, 2.05) is 0 Å². The highest BCUT2D eigenvalue weighted by molar-refractivity contribution is 7.40. The summed E-state index contributed by atoms with van der Waals surface area (Å²) in [5.41, 5.74) is 0. The van der Waals surface area contributed by atoms with Gasteiger partial charge in [0.25, 0.3) is 0 Å². The fourth-order valence-corrected chi connectivity index (χ4v) is 0.740. The Balaban J connectivity index is 3.84. The summed E-state index contributed by atoms with van der Waals surface area (Å²) in [6.45, 7) is 0. The molecule has 0 aromatic rings. The largest absolute Gasteiger partial charge is 0.556 e. The second-order valence-corrected chi connectivity index (χ2v) is 2.59. The SMILES string of the molecule is COC(C#N)[P+](=O)OC. The van der Waals surface area contributed by atoms with Crippen molar-refractivity contribution in [2.24, 2.45) is 0 Å². The van der Waals surface area contributed by atoms with Crippen molar-refractivity contribution in [1.29, 1.82) is 5.26 Å². The molecule has 0 amide bonds. The molecule has 50 valence electrons. The van der Waals surface area contributed by atoms with E-state index in [1.165, 1.54) is 14.2 Å². The minimum atomic E-state index is -1.98. The Labute approximate surface area is 54.2 Å². The lowest BCUT2D eigenvalue weighted by Crippen LogP contribution is -2.00. The maximum absolute atomic E-state index is 10.6. The summed E-state index contributed by atoms with van der Waals surface area (Å²) in [5.74, 6) is -0.940. The van der Waals surface area contributed by atoms with E-state index < -0.39 is 13.9 Å². The fourth-order valence-electron chi connectivity index (χ4n) is 0.282. The van der Waals surface area contributed by atoms with Gasteiger partial charge in [-0.3, -0.25) is 0 Å². The Morgan fingerprint density at radius 1 is 1.67 bits per heavy atom. The van der Waals surface area contributed by atoms with Gasteiger partial charge >= 0.3 is 13.9 Å². The van der Waals surface area contributed by atoms with Gasteiger partial charge in [0.15, 0.2) is 6.07 Å². The van der Waals surface area contributed by atoms with Crippen LogP contribution < -0.4 is 0 Å². The highest BCUT2D eigenvalue weighted by Gasteiger charge is 2.30. The first-order valence-corrected chi connectivity index (χ1v) is 3.43. The van der Waals surface area contributed by atoms with E-state index in [2.05, 4.69) is 9.26 Å². The van der Waals surface area contributed by atoms with Crippen LogP contribution in [0.25, 0.3) is 0 Å². The minimum absolute atomic E-state index is 0.940. The molecule has 2 atom stereocenters. The van der Waals surface area contributed by atoms with E-state index in [9.17, 15) is 4.57 Å². The lowest BCUT2D eigenvalue weighted by Gasteiger charge is -1.88. The summed E-state index contributed by atoms with van der Waals surface area (Å²) in [7, 11) is 0.596. The number of hydrogen-bond donors (Lipinski definition) is 0. The minimum Gasteiger partial charge on any atom is -0.325 e. The lowest BCUT2D eigenvalue weighted by atomic mass is 10.8. The molecule has 0 bridgehead atoms. The third-order valence-corrected chi connectivity index (χ3v) is 1.77. The molecule has 0 saturated carbocycles. The molecule has 0 aromatic carbocycles. The topological polar surface area (TPSA) is 59.3 Å². The predicted molar refractivity (Wildman–Crippen MR) is 31.0 cm³/mol. The number of nitriles is 1. The molecule has 0 radical (unpaired) electrons. The fraction of sp³-hybridized carbons (Fsp3) is 0.750. The van der Waals surface area contributed by atoms with Crippen molar-refractivity contribution in [3.63, 3.8) is 0 Å². The molecule has 0 aromatic heterocycles. The van der Waals surface area contributed by atoms with Crippen molar-refractivity contribution >= 4 is 8.03 Å². The molecule has 4 nitrogen and oxygen atoms in total. The first-order chi connectivity index (χ1) is 4.26. The van der Waals surface area contributed by atoms with E-state index >= 15 is 0 Å². The molecule has 0 rings (SSSR count). The summed E-state index contributed by atoms with van der Waals surface area (Å²) in [6, 6.07) is 1.67. The first-order valence-electron chi connectivity index (χ1n) is 2.19. The molecule has 5 heteroatoms. The maximum atomic E-state index is 10.6. The Hall–Kier alpha value is -0.490. The van der Waals surface area contributed by atoms with Gasteiger partial charge in [-0.15, -0.1) is 4.52 Å². The molecule has 0 aliphatic heterocycles. The average molecular weight is 148 g/mol. The van der Waals surface area contributed by atoms with Crippen LogP contribution in [0.15, 0.2) is 0 Å². The summed E-state index contributed by atoms with van der Waals surface area (Å²) in [5, 5.41) is 8.19. The zero-order valence-corrected chi connectivity index (χ0v) is 6.09. The molecule has 0 saturated heterocycles. The second kappa shape index (κ2) is 4.39. The Bertz CT molecular complexity index is 141. The van der Waals surface area contributed by atoms with Crippen LogP contribution in [-0.2, 0) is 13.8 Å². The summed E-state index contributed by atoms with van der Waals surface area (Å²) < 4.78 is 19.4. The van der Waals surface area contributed by atoms with Crippen molar-refractivity contribution in [3.8, 4) is 6.07 Å². The van der Waals surface area contributed by atoms with Crippen LogP contribution in [0.1, 0.15) is 0 Å². The lowest BCUT2D eigenvalue weighted by molar-refractivity contribution is 0.191. The summed E-state index contributed by atoms with van der Waals surface area (Å²) in [4.78, 5) is 0. The quantitative estimate of drug-likeness (QED) is 0.557. The molecular formula is C4H7NO3P+. The predicted octanol–water partition coefficient (Wildman–Crippen LogP) is 0.871. The number of hydrogen-bond acceptors (Lipinski definition) is 4. The van der Waals surface area contributed by atoms with Gasteiger partial charge in [-0.25, -0.2) is 0 Å². The van der Waals surface area contributed by atoms with Gasteiger partial charge in [-0.05, 0) is 4.57 Å². The van der Waals surface area contributed by atoms with Gasteiger partial charge in [0, 0.05) is 7.11 Å². The average Bonchev–Trinajstić information content (AvgIpc) is 1.90. The van der Waals surface area contributed by atoms with Crippen LogP contribution in [0.5, 0.6) is 0 Å². The van der Waals surface area contributed by atoms with Crippen LogP contribution >= 0.6 is 8.03 Å². The highest BCUT2D eigenvalue weighted by atomic mass is 31.1. The standard InChI is InChI=1S/C4H7NO3P/c1-7-4(3-5)9(6)8-2/h4H,1-2H3/q+1. The van der Waals surface area contributed by atoms with Gasteiger partial charge in [0.1, 0.15) is 0 Å². The van der Waals surface area contributed by atoms with Gasteiger partial charge in [0.2, 0.25) is 0 Å². The van der Waals surface area contributed by atoms with Crippen LogP contribution in [0, 0.1) is 11.3 Å². The summed E-state index contributed by atoms with van der Waals surface area (Å²) >= 11 is 0. The van der Waals surface area contributed by atoms with Gasteiger partial charge < -0.3 is 4.74 Å². The van der Waals surface area contributed by atoms with Crippen molar-refractivity contribution in [3.05, 3.63) is 0 Å². The van der Waals surface area contributed by atoms with Crippen molar-refractivity contribution < 1.29 is 13.8 Å². The number of rotatable bonds is 3. The number of ether oxygens (including phenoxy) is 1. The van der Waals surface area contributed by atoms with Crippen molar-refractivity contribution in [2.75, 3.05) is 14.2 Å². The summed E-state index contributed by atoms with van der Waals surface area (Å²) in [6.07, 6.45) is 0. The Morgan fingerprint density at radius 3 is 2.33 bits per heavy atom. The molecule has 0 aliphatic rings. The highest BCUT2D eigenvalue weighted by Crippen LogP contribution is 2.27. The van der Waals surface area contributed by atoms with Crippen LogP contribution in [-0.4, -0.2) is 20.1 Å². The molecule has 2 unspecified atom stereocenters. The van der Waals surface area contributed by atoms with E-state index in [-0.39, 0.29) is 0 Å². The third kappa shape index (κ3) is 2.52. The smallest absolute Gasteiger partial charge is 0.325 e. The normalized spacial score (nSPS) is 14.1. The van der Waals surface area contributed by atoms with Crippen molar-refractivity contribution in [1.82, 2.24) is 0 Å². The van der Waals surface area contributed by atoms with Gasteiger partial charge in [0.05, 0.1) is 7.11 Å². The zero-order chi connectivity index (χ0) is 7.28. The van der Waals surface area contributed by atoms with E-state index in [4.69, 9.17) is 5.26 Å². The zero-order valence-electron chi connectivity index (χ0n) is 5.20. The maximum Gasteiger partial charge on any atom is 0.556 e. The van der Waals surface area contributed by atoms with Crippen molar-refractivity contribution in [2.45, 2.75) is 5.85 Å². The van der Waals surface area contributed by atoms with Crippen LogP contribution in [0.4, 0.5) is 0 Å².